The smallest absolute Gasteiger partial charge is 0.303 e. The largest absolute Gasteiger partial charge is 0.481 e. The number of carboxylic acids is 3. The molecule has 338 valence electrons. The van der Waals surface area contributed by atoms with Crippen LogP contribution in [0.1, 0.15) is 191 Å². The fourth-order valence-corrected chi connectivity index (χ4v) is 9.81. The zero-order valence-corrected chi connectivity index (χ0v) is 37.8. The second-order valence-electron chi connectivity index (χ2n) is 17.7. The summed E-state index contributed by atoms with van der Waals surface area (Å²) in [5.41, 5.74) is 11.6. The summed E-state index contributed by atoms with van der Waals surface area (Å²) in [6.07, 6.45) is 3.86. The van der Waals surface area contributed by atoms with Gasteiger partial charge in [0.25, 0.3) is 0 Å². The maximum atomic E-state index is 14.0. The molecule has 0 saturated carbocycles. The molecule has 1 amide bonds. The minimum atomic E-state index is -1.35. The summed E-state index contributed by atoms with van der Waals surface area (Å²) in [5.74, 6) is -4.40. The predicted molar refractivity (Wildman–Crippen MR) is 242 cm³/mol. The number of fused-ring (bicyclic) bond motifs is 8. The molecule has 0 spiro atoms. The SMILES string of the molecule is CCCCCCOC(C)c1c(C)c2cc3nc(c4c5[nH]c(cc6nc(cc1[nH]2)C(C)=C6CC)c(C)c5C(=O)C4)[C@@H](CCC(=O)NC(CCC(=O)O)(CCC(=O)O)CCC(=O)O)C3C. The molecular weight excluding hydrogens is 803 g/mol. The van der Waals surface area contributed by atoms with Gasteiger partial charge in [-0.2, -0.15) is 0 Å². The van der Waals surface area contributed by atoms with Crippen LogP contribution in [0.25, 0.3) is 33.2 Å². The fraction of sp³-hybridized carbons (Fsp3) is 0.531. The maximum absolute atomic E-state index is 14.0. The highest BCUT2D eigenvalue weighted by Gasteiger charge is 2.38. The number of amides is 1. The molecule has 0 saturated heterocycles. The van der Waals surface area contributed by atoms with E-state index in [1.54, 1.807) is 0 Å². The number of carbonyl (C=O) groups is 5. The Labute approximate surface area is 368 Å². The van der Waals surface area contributed by atoms with Crippen LogP contribution in [0, 0.1) is 13.8 Å². The van der Waals surface area contributed by atoms with E-state index < -0.39 is 29.4 Å². The lowest BCUT2D eigenvalue weighted by molar-refractivity contribution is -0.139. The number of aromatic amines is 2. The quantitative estimate of drug-likeness (QED) is 0.0553. The number of nitrogens with one attached hydrogen (secondary N) is 3. The van der Waals surface area contributed by atoms with Gasteiger partial charge in [0.05, 0.1) is 28.7 Å². The van der Waals surface area contributed by atoms with E-state index in [1.807, 2.05) is 13.0 Å². The van der Waals surface area contributed by atoms with Gasteiger partial charge in [-0.05, 0) is 107 Å². The summed E-state index contributed by atoms with van der Waals surface area (Å²) >= 11 is 0. The number of rotatable bonds is 21. The highest BCUT2D eigenvalue weighted by atomic mass is 16.5. The first-order valence-corrected chi connectivity index (χ1v) is 22.6. The summed E-state index contributed by atoms with van der Waals surface area (Å²) in [5, 5.41) is 31.5. The van der Waals surface area contributed by atoms with Crippen LogP contribution in [-0.4, -0.2) is 77.0 Å². The lowest BCUT2D eigenvalue weighted by atomic mass is 9.82. The van der Waals surface area contributed by atoms with Gasteiger partial charge in [0.1, 0.15) is 0 Å². The molecular formula is C49H63N5O9. The average molecular weight is 866 g/mol. The number of carbonyl (C=O) groups excluding carboxylic acids is 2. The van der Waals surface area contributed by atoms with Crippen LogP contribution in [0.2, 0.25) is 0 Å². The van der Waals surface area contributed by atoms with Crippen LogP contribution in [0.5, 0.6) is 0 Å². The Morgan fingerprint density at radius 1 is 0.841 bits per heavy atom. The third kappa shape index (κ3) is 10.3. The van der Waals surface area contributed by atoms with Crippen molar-refractivity contribution < 1.29 is 44.0 Å². The van der Waals surface area contributed by atoms with Crippen molar-refractivity contribution in [2.75, 3.05) is 6.61 Å². The van der Waals surface area contributed by atoms with E-state index in [-0.39, 0.29) is 75.1 Å². The highest BCUT2D eigenvalue weighted by Crippen LogP contribution is 2.45. The number of ketones is 1. The predicted octanol–water partition coefficient (Wildman–Crippen LogP) is 9.79. The molecule has 14 nitrogen and oxygen atoms in total. The van der Waals surface area contributed by atoms with Crippen molar-refractivity contribution in [1.29, 1.82) is 0 Å². The number of Topliss-reactive ketones (excluding diaryl/α,β-unsaturated/α-hetero) is 1. The number of carboxylic acid groups (broad SMARTS) is 3. The molecule has 3 aromatic heterocycles. The van der Waals surface area contributed by atoms with Gasteiger partial charge in [-0.3, -0.25) is 29.0 Å². The number of hydrogen-bond acceptors (Lipinski definition) is 8. The van der Waals surface area contributed by atoms with Gasteiger partial charge in [-0.25, -0.2) is 4.98 Å². The van der Waals surface area contributed by atoms with Crippen LogP contribution in [-0.2, 0) is 30.3 Å². The first kappa shape index (κ1) is 46.9. The molecule has 6 rings (SSSR count). The minimum absolute atomic E-state index is 0.0200. The molecule has 3 aliphatic rings. The van der Waals surface area contributed by atoms with Crippen molar-refractivity contribution in [3.05, 3.63) is 68.8 Å². The molecule has 2 unspecified atom stereocenters. The van der Waals surface area contributed by atoms with E-state index >= 15 is 0 Å². The summed E-state index contributed by atoms with van der Waals surface area (Å²) < 4.78 is 6.48. The lowest BCUT2D eigenvalue weighted by Gasteiger charge is -2.34. The van der Waals surface area contributed by atoms with Gasteiger partial charge in [-0.15, -0.1) is 0 Å². The van der Waals surface area contributed by atoms with Crippen molar-refractivity contribution in [2.45, 2.75) is 162 Å². The van der Waals surface area contributed by atoms with Crippen molar-refractivity contribution in [2.24, 2.45) is 0 Å². The minimum Gasteiger partial charge on any atom is -0.481 e. The van der Waals surface area contributed by atoms with E-state index in [1.165, 1.54) is 0 Å². The van der Waals surface area contributed by atoms with E-state index in [0.717, 1.165) is 99.1 Å². The Morgan fingerprint density at radius 3 is 2.10 bits per heavy atom. The molecule has 5 heterocycles. The number of nitrogens with zero attached hydrogens (tertiary/aromatic N) is 2. The van der Waals surface area contributed by atoms with Crippen LogP contribution < -0.4 is 5.32 Å². The third-order valence-electron chi connectivity index (χ3n) is 13.5. The van der Waals surface area contributed by atoms with E-state index in [2.05, 4.69) is 69.0 Å². The second kappa shape index (κ2) is 19.8. The molecule has 0 fully saturated rings. The number of H-pyrrole nitrogens is 2. The molecule has 1 aliphatic carbocycles. The molecule has 3 aromatic rings. The van der Waals surface area contributed by atoms with Gasteiger partial charge < -0.3 is 35.3 Å². The molecule has 0 radical (unpaired) electrons. The van der Waals surface area contributed by atoms with E-state index in [9.17, 15) is 39.3 Å². The van der Waals surface area contributed by atoms with Crippen LogP contribution in [0.15, 0.2) is 18.2 Å². The monoisotopic (exact) mass is 865 g/mol. The number of ether oxygens (including phenoxy) is 1. The molecule has 0 aromatic carbocycles. The van der Waals surface area contributed by atoms with Gasteiger partial charge in [0.2, 0.25) is 5.91 Å². The normalized spacial score (nSPS) is 16.5. The van der Waals surface area contributed by atoms with Crippen molar-refractivity contribution >= 4 is 62.8 Å². The Balaban J connectivity index is 1.48. The number of unbranched alkanes of at least 4 members (excludes halogenated alkanes) is 3. The number of allylic oxidation sites excluding steroid dienone is 2. The van der Waals surface area contributed by atoms with Crippen molar-refractivity contribution in [3.63, 3.8) is 0 Å². The average Bonchev–Trinajstić information content (AvgIpc) is 3.99. The zero-order chi connectivity index (χ0) is 45.7. The van der Waals surface area contributed by atoms with E-state index in [0.29, 0.717) is 29.8 Å². The Kier molecular flexibility index (Phi) is 14.7. The highest BCUT2D eigenvalue weighted by molar-refractivity contribution is 6.13. The van der Waals surface area contributed by atoms with Crippen molar-refractivity contribution in [3.8, 4) is 0 Å². The number of hydrogen-bond donors (Lipinski definition) is 6. The summed E-state index contributed by atoms with van der Waals surface area (Å²) in [6, 6.07) is 6.19. The molecule has 6 N–H and O–H groups in total. The second-order valence-corrected chi connectivity index (χ2v) is 17.7. The standard InChI is InChI=1S/C49H63N5O9/c1-8-10-11-12-21-63-30(7)45-28(5)36-23-35-27(4)32(13-14-41(56)54-49(18-15-42(57)58,19-16-43(59)60)20-17-44(61)62)47(52-35)33-22-40(55)46-29(6)37(53-48(33)46)24-38-31(9-2)26(3)34(50-38)25-39(45)51-36/h23-25,27,30,32,51,53H,8-22H2,1-7H3,(H,54,56)(H,57,58)(H,59,60)(H,61,62)/t27?,30?,32-/m0/s1. The van der Waals surface area contributed by atoms with Crippen LogP contribution >= 0.6 is 0 Å². The molecule has 14 heteroatoms. The van der Waals surface area contributed by atoms with Gasteiger partial charge in [0.15, 0.2) is 5.78 Å². The number of aryl methyl sites for hydroxylation is 2. The Hall–Kier alpha value is -5.63. The summed E-state index contributed by atoms with van der Waals surface area (Å²) in [7, 11) is 0. The number of aliphatic carboxylic acids is 3. The Bertz CT molecular complexity index is 2450. The van der Waals surface area contributed by atoms with E-state index in [4.69, 9.17) is 14.7 Å². The fourth-order valence-electron chi connectivity index (χ4n) is 9.81. The van der Waals surface area contributed by atoms with Gasteiger partial charge >= 0.3 is 17.9 Å². The first-order chi connectivity index (χ1) is 30.0. The van der Waals surface area contributed by atoms with Gasteiger partial charge in [0, 0.05) is 95.0 Å². The van der Waals surface area contributed by atoms with Crippen LogP contribution in [0.4, 0.5) is 0 Å². The molecule has 8 bridgehead atoms. The Morgan fingerprint density at radius 2 is 1.48 bits per heavy atom. The zero-order valence-electron chi connectivity index (χ0n) is 37.8. The lowest BCUT2D eigenvalue weighted by Crippen LogP contribution is -2.49. The number of aromatic nitrogens is 4. The molecule has 2 aliphatic heterocycles. The summed E-state index contributed by atoms with van der Waals surface area (Å²) in [6.45, 7) is 15.2. The summed E-state index contributed by atoms with van der Waals surface area (Å²) in [4.78, 5) is 80.6. The molecule has 3 atom stereocenters. The first-order valence-electron chi connectivity index (χ1n) is 22.6. The third-order valence-corrected chi connectivity index (χ3v) is 13.5. The van der Waals surface area contributed by atoms with Gasteiger partial charge in [-0.1, -0.05) is 40.0 Å². The topological polar surface area (TPSA) is 225 Å². The molecule has 63 heavy (non-hydrogen) atoms. The maximum Gasteiger partial charge on any atom is 0.303 e. The van der Waals surface area contributed by atoms with Crippen LogP contribution in [0.3, 0.4) is 0 Å². The van der Waals surface area contributed by atoms with Crippen molar-refractivity contribution in [1.82, 2.24) is 25.3 Å².